The Hall–Kier alpha value is -1.85. The van der Waals surface area contributed by atoms with Crippen molar-refractivity contribution in [2.24, 2.45) is 0 Å². The van der Waals surface area contributed by atoms with Crippen LogP contribution >= 0.6 is 0 Å². The van der Waals surface area contributed by atoms with Crippen LogP contribution in [0.25, 0.3) is 0 Å². The zero-order valence-electron chi connectivity index (χ0n) is 13.0. The molecule has 1 aromatic rings. The Kier molecular flexibility index (Phi) is 5.36. The maximum Gasteiger partial charge on any atom is 0.245 e. The van der Waals surface area contributed by atoms with E-state index in [1.807, 2.05) is 18.7 Å². The monoisotopic (exact) mass is 292 g/mol. The molecule has 1 N–H and O–H groups in total. The first-order chi connectivity index (χ1) is 10.1. The molecule has 2 atom stereocenters. The molecule has 1 aromatic heterocycles. The van der Waals surface area contributed by atoms with Crippen molar-refractivity contribution in [3.63, 3.8) is 0 Å². The zero-order chi connectivity index (χ0) is 15.2. The van der Waals surface area contributed by atoms with Crippen LogP contribution in [0.15, 0.2) is 12.4 Å². The van der Waals surface area contributed by atoms with E-state index in [1.54, 1.807) is 6.07 Å². The molecule has 6 nitrogen and oxygen atoms in total. The average molecular weight is 292 g/mol. The highest BCUT2D eigenvalue weighted by Crippen LogP contribution is 2.18. The summed E-state index contributed by atoms with van der Waals surface area (Å²) < 4.78 is 5.34. The summed E-state index contributed by atoms with van der Waals surface area (Å²) in [6, 6.07) is 1.72. The van der Waals surface area contributed by atoms with Gasteiger partial charge in [0, 0.05) is 18.7 Å². The van der Waals surface area contributed by atoms with Gasteiger partial charge in [-0.2, -0.15) is 0 Å². The molecule has 6 heteroatoms. The van der Waals surface area contributed by atoms with E-state index in [1.165, 1.54) is 12.7 Å². The molecule has 1 aliphatic heterocycles. The Morgan fingerprint density at radius 3 is 3.05 bits per heavy atom. The highest BCUT2D eigenvalue weighted by Gasteiger charge is 2.27. The van der Waals surface area contributed by atoms with Gasteiger partial charge < -0.3 is 15.0 Å². The number of carbonyl (C=O) groups is 1. The minimum absolute atomic E-state index is 0.124. The maximum absolute atomic E-state index is 12.5. The molecule has 2 unspecified atom stereocenters. The Bertz CT molecular complexity index is 480. The zero-order valence-corrected chi connectivity index (χ0v) is 13.0. The van der Waals surface area contributed by atoms with Gasteiger partial charge in [0.15, 0.2) is 0 Å². The first-order valence-corrected chi connectivity index (χ1v) is 7.63. The summed E-state index contributed by atoms with van der Waals surface area (Å²) in [5.41, 5.74) is 0. The minimum atomic E-state index is -0.310. The van der Waals surface area contributed by atoms with Gasteiger partial charge in [-0.15, -0.1) is 0 Å². The molecule has 0 bridgehead atoms. The average Bonchev–Trinajstić information content (AvgIpc) is 2.48. The number of hydrogen-bond donors (Lipinski definition) is 1. The van der Waals surface area contributed by atoms with Crippen molar-refractivity contribution >= 4 is 11.7 Å². The Balaban J connectivity index is 1.98. The Morgan fingerprint density at radius 2 is 2.33 bits per heavy atom. The van der Waals surface area contributed by atoms with Crippen LogP contribution in [0, 0.1) is 0 Å². The molecule has 0 saturated carbocycles. The maximum atomic E-state index is 12.5. The number of aromatic nitrogens is 2. The third kappa shape index (κ3) is 4.06. The molecule has 0 aliphatic carbocycles. The van der Waals surface area contributed by atoms with Crippen molar-refractivity contribution < 1.29 is 9.53 Å². The van der Waals surface area contributed by atoms with E-state index in [4.69, 9.17) is 4.74 Å². The topological polar surface area (TPSA) is 67.3 Å². The lowest BCUT2D eigenvalue weighted by Gasteiger charge is -2.35. The fourth-order valence-electron chi connectivity index (χ4n) is 2.60. The van der Waals surface area contributed by atoms with Crippen LogP contribution < -0.4 is 10.1 Å². The quantitative estimate of drug-likeness (QED) is 0.900. The lowest BCUT2D eigenvalue weighted by Crippen LogP contribution is -2.48. The van der Waals surface area contributed by atoms with E-state index in [0.29, 0.717) is 24.3 Å². The molecule has 1 aliphatic rings. The van der Waals surface area contributed by atoms with Crippen molar-refractivity contribution in [2.75, 3.05) is 18.5 Å². The molecule has 116 valence electrons. The van der Waals surface area contributed by atoms with E-state index in [2.05, 4.69) is 22.2 Å². The number of carbonyl (C=O) groups excluding carboxylic acids is 1. The second kappa shape index (κ2) is 7.24. The van der Waals surface area contributed by atoms with Gasteiger partial charge in [-0.25, -0.2) is 9.97 Å². The summed E-state index contributed by atoms with van der Waals surface area (Å²) in [4.78, 5) is 22.6. The number of piperidine rings is 1. The first kappa shape index (κ1) is 15.5. The molecule has 21 heavy (non-hydrogen) atoms. The van der Waals surface area contributed by atoms with Gasteiger partial charge in [0.2, 0.25) is 11.8 Å². The van der Waals surface area contributed by atoms with Gasteiger partial charge in [-0.05, 0) is 40.0 Å². The largest absolute Gasteiger partial charge is 0.478 e. The Morgan fingerprint density at radius 1 is 1.52 bits per heavy atom. The van der Waals surface area contributed by atoms with E-state index in [9.17, 15) is 4.79 Å². The van der Waals surface area contributed by atoms with Crippen molar-refractivity contribution in [1.82, 2.24) is 14.9 Å². The highest BCUT2D eigenvalue weighted by molar-refractivity contribution is 5.84. The molecule has 1 fully saturated rings. The number of amides is 1. The van der Waals surface area contributed by atoms with Crippen molar-refractivity contribution in [1.29, 1.82) is 0 Å². The SMILES string of the molecule is CCOc1cc(NC(C)C(=O)N2CCCCC2C)ncn1. The van der Waals surface area contributed by atoms with Gasteiger partial charge in [-0.1, -0.05) is 0 Å². The number of nitrogens with zero attached hydrogens (tertiary/aromatic N) is 3. The molecule has 1 saturated heterocycles. The summed E-state index contributed by atoms with van der Waals surface area (Å²) in [7, 11) is 0. The lowest BCUT2D eigenvalue weighted by molar-refractivity contribution is -0.134. The Labute approximate surface area is 125 Å². The van der Waals surface area contributed by atoms with E-state index < -0.39 is 0 Å². The van der Waals surface area contributed by atoms with Crippen molar-refractivity contribution in [3.8, 4) is 5.88 Å². The molecule has 0 spiro atoms. The second-order valence-electron chi connectivity index (χ2n) is 5.42. The number of anilines is 1. The van der Waals surface area contributed by atoms with Crippen molar-refractivity contribution in [3.05, 3.63) is 12.4 Å². The van der Waals surface area contributed by atoms with Crippen molar-refractivity contribution in [2.45, 2.75) is 52.1 Å². The van der Waals surface area contributed by atoms with Crippen LogP contribution in [0.1, 0.15) is 40.0 Å². The fourth-order valence-corrected chi connectivity index (χ4v) is 2.60. The number of ether oxygens (including phenoxy) is 1. The third-order valence-corrected chi connectivity index (χ3v) is 3.76. The van der Waals surface area contributed by atoms with E-state index >= 15 is 0 Å². The molecule has 2 rings (SSSR count). The standard InChI is InChI=1S/C15H24N4O2/c1-4-21-14-9-13(16-10-17-14)18-12(3)15(20)19-8-6-5-7-11(19)2/h9-12H,4-8H2,1-3H3,(H,16,17,18). The summed E-state index contributed by atoms with van der Waals surface area (Å²) in [6.07, 6.45) is 4.82. The highest BCUT2D eigenvalue weighted by atomic mass is 16.5. The molecule has 1 amide bonds. The summed E-state index contributed by atoms with van der Waals surface area (Å²) in [5.74, 6) is 1.25. The number of nitrogens with one attached hydrogen (secondary N) is 1. The van der Waals surface area contributed by atoms with Crippen LogP contribution in [0.4, 0.5) is 5.82 Å². The predicted molar refractivity (Wildman–Crippen MR) is 81.3 cm³/mol. The first-order valence-electron chi connectivity index (χ1n) is 7.63. The summed E-state index contributed by atoms with van der Waals surface area (Å²) in [5, 5.41) is 3.14. The third-order valence-electron chi connectivity index (χ3n) is 3.76. The number of rotatable bonds is 5. The van der Waals surface area contributed by atoms with E-state index in [-0.39, 0.29) is 11.9 Å². The number of likely N-dealkylation sites (tertiary alicyclic amines) is 1. The van der Waals surface area contributed by atoms with Gasteiger partial charge in [0.1, 0.15) is 18.2 Å². The van der Waals surface area contributed by atoms with Gasteiger partial charge in [0.25, 0.3) is 0 Å². The predicted octanol–water partition coefficient (Wildman–Crippen LogP) is 2.08. The summed E-state index contributed by atoms with van der Waals surface area (Å²) >= 11 is 0. The molecular formula is C15H24N4O2. The molecule has 2 heterocycles. The van der Waals surface area contributed by atoms with Crippen LogP contribution in [-0.2, 0) is 4.79 Å². The lowest BCUT2D eigenvalue weighted by atomic mass is 10.0. The van der Waals surface area contributed by atoms with Crippen LogP contribution in [0.2, 0.25) is 0 Å². The minimum Gasteiger partial charge on any atom is -0.478 e. The van der Waals surface area contributed by atoms with Crippen LogP contribution in [0.3, 0.4) is 0 Å². The molecule has 0 radical (unpaired) electrons. The summed E-state index contributed by atoms with van der Waals surface area (Å²) in [6.45, 7) is 7.28. The van der Waals surface area contributed by atoms with Gasteiger partial charge in [-0.3, -0.25) is 4.79 Å². The molecular weight excluding hydrogens is 268 g/mol. The van der Waals surface area contributed by atoms with E-state index in [0.717, 1.165) is 19.4 Å². The fraction of sp³-hybridized carbons (Fsp3) is 0.667. The van der Waals surface area contributed by atoms with Crippen LogP contribution in [0.5, 0.6) is 5.88 Å². The van der Waals surface area contributed by atoms with Crippen LogP contribution in [-0.4, -0.2) is 46.0 Å². The number of hydrogen-bond acceptors (Lipinski definition) is 5. The smallest absolute Gasteiger partial charge is 0.245 e. The molecule has 0 aromatic carbocycles. The van der Waals surface area contributed by atoms with Gasteiger partial charge >= 0.3 is 0 Å². The van der Waals surface area contributed by atoms with Gasteiger partial charge in [0.05, 0.1) is 6.61 Å². The second-order valence-corrected chi connectivity index (χ2v) is 5.42. The normalized spacial score (nSPS) is 20.0.